The minimum Gasteiger partial charge on any atom is -0.301 e. The Balaban J connectivity index is 1.75. The number of aromatic nitrogens is 4. The van der Waals surface area contributed by atoms with Crippen molar-refractivity contribution in [2.75, 3.05) is 0 Å². The van der Waals surface area contributed by atoms with Crippen LogP contribution < -0.4 is 5.56 Å². The summed E-state index contributed by atoms with van der Waals surface area (Å²) in [5, 5.41) is 5.52. The standard InChI is InChI=1S/C21H20N4OS/c1-13-8-6-10-18(15(13)3)25-19-17(11-22-25)20(26)24-21(23-19)27-12-16-9-5-4-7-14(16)2/h4-11H,12H2,1-3H3,(H,23,24,26). The highest BCUT2D eigenvalue weighted by molar-refractivity contribution is 7.98. The first-order valence-electron chi connectivity index (χ1n) is 8.76. The van der Waals surface area contributed by atoms with E-state index >= 15 is 0 Å². The molecule has 0 aliphatic heterocycles. The van der Waals surface area contributed by atoms with E-state index < -0.39 is 0 Å². The maximum Gasteiger partial charge on any atom is 0.262 e. The lowest BCUT2D eigenvalue weighted by Gasteiger charge is -2.09. The fourth-order valence-corrected chi connectivity index (χ4v) is 3.96. The predicted octanol–water partition coefficient (Wildman–Crippen LogP) is 4.33. The van der Waals surface area contributed by atoms with E-state index in [9.17, 15) is 4.79 Å². The Morgan fingerprint density at radius 3 is 2.63 bits per heavy atom. The van der Waals surface area contributed by atoms with Crippen molar-refractivity contribution in [1.29, 1.82) is 0 Å². The van der Waals surface area contributed by atoms with Crippen LogP contribution in [0.4, 0.5) is 0 Å². The number of fused-ring (bicyclic) bond motifs is 1. The average Bonchev–Trinajstić information content (AvgIpc) is 3.08. The second kappa shape index (κ2) is 7.04. The molecular formula is C21H20N4OS. The Kier molecular flexibility index (Phi) is 4.58. The van der Waals surface area contributed by atoms with Crippen molar-refractivity contribution in [2.24, 2.45) is 0 Å². The van der Waals surface area contributed by atoms with Crippen LogP contribution in [-0.2, 0) is 5.75 Å². The lowest BCUT2D eigenvalue weighted by atomic mass is 10.1. The molecule has 0 radical (unpaired) electrons. The fraction of sp³-hybridized carbons (Fsp3) is 0.190. The third-order valence-corrected chi connectivity index (χ3v) is 5.77. The molecule has 0 aliphatic rings. The Morgan fingerprint density at radius 1 is 1.04 bits per heavy atom. The van der Waals surface area contributed by atoms with Gasteiger partial charge in [-0.1, -0.05) is 48.2 Å². The highest BCUT2D eigenvalue weighted by Gasteiger charge is 2.14. The van der Waals surface area contributed by atoms with E-state index in [2.05, 4.69) is 49.1 Å². The summed E-state index contributed by atoms with van der Waals surface area (Å²) in [7, 11) is 0. The molecule has 0 amide bonds. The zero-order chi connectivity index (χ0) is 19.0. The summed E-state index contributed by atoms with van der Waals surface area (Å²) in [5.74, 6) is 0.749. The van der Waals surface area contributed by atoms with Gasteiger partial charge in [0.05, 0.1) is 11.9 Å². The first-order valence-corrected chi connectivity index (χ1v) is 9.75. The van der Waals surface area contributed by atoms with Gasteiger partial charge in [-0.3, -0.25) is 4.79 Å². The van der Waals surface area contributed by atoms with Crippen LogP contribution in [0.25, 0.3) is 16.7 Å². The highest BCUT2D eigenvalue weighted by atomic mass is 32.2. The molecule has 0 spiro atoms. The van der Waals surface area contributed by atoms with Crippen LogP contribution in [0.1, 0.15) is 22.3 Å². The largest absolute Gasteiger partial charge is 0.301 e. The molecule has 4 rings (SSSR count). The van der Waals surface area contributed by atoms with Gasteiger partial charge in [0.25, 0.3) is 5.56 Å². The summed E-state index contributed by atoms with van der Waals surface area (Å²) >= 11 is 1.52. The first-order chi connectivity index (χ1) is 13.0. The van der Waals surface area contributed by atoms with Gasteiger partial charge in [-0.15, -0.1) is 0 Å². The Bertz CT molecular complexity index is 1190. The van der Waals surface area contributed by atoms with Crippen molar-refractivity contribution in [3.8, 4) is 5.69 Å². The van der Waals surface area contributed by atoms with E-state index in [0.717, 1.165) is 17.0 Å². The van der Waals surface area contributed by atoms with Crippen LogP contribution in [0.5, 0.6) is 0 Å². The number of aryl methyl sites for hydroxylation is 2. The Labute approximate surface area is 161 Å². The molecule has 2 aromatic carbocycles. The molecule has 0 unspecified atom stereocenters. The normalized spacial score (nSPS) is 11.2. The van der Waals surface area contributed by atoms with Crippen LogP contribution in [0, 0.1) is 20.8 Å². The minimum atomic E-state index is -0.163. The number of benzene rings is 2. The minimum absolute atomic E-state index is 0.163. The van der Waals surface area contributed by atoms with Gasteiger partial charge in [0.15, 0.2) is 10.8 Å². The summed E-state index contributed by atoms with van der Waals surface area (Å²) in [4.78, 5) is 20.1. The highest BCUT2D eigenvalue weighted by Crippen LogP contribution is 2.24. The van der Waals surface area contributed by atoms with Crippen molar-refractivity contribution in [1.82, 2.24) is 19.7 Å². The van der Waals surface area contributed by atoms with Gasteiger partial charge in [-0.05, 0) is 49.1 Å². The molecule has 1 N–H and O–H groups in total. The molecule has 2 heterocycles. The predicted molar refractivity (Wildman–Crippen MR) is 110 cm³/mol. The average molecular weight is 376 g/mol. The number of rotatable bonds is 4. The Morgan fingerprint density at radius 2 is 1.81 bits per heavy atom. The zero-order valence-electron chi connectivity index (χ0n) is 15.5. The monoisotopic (exact) mass is 376 g/mol. The van der Waals surface area contributed by atoms with Crippen molar-refractivity contribution >= 4 is 22.8 Å². The summed E-state index contributed by atoms with van der Waals surface area (Å²) in [6.07, 6.45) is 1.58. The topological polar surface area (TPSA) is 63.6 Å². The number of hydrogen-bond acceptors (Lipinski definition) is 4. The lowest BCUT2D eigenvalue weighted by molar-refractivity contribution is 0.865. The quantitative estimate of drug-likeness (QED) is 0.425. The Hall–Kier alpha value is -2.86. The zero-order valence-corrected chi connectivity index (χ0v) is 16.3. The van der Waals surface area contributed by atoms with E-state index in [0.29, 0.717) is 16.2 Å². The summed E-state index contributed by atoms with van der Waals surface area (Å²) < 4.78 is 1.75. The van der Waals surface area contributed by atoms with Crippen LogP contribution in [0.15, 0.2) is 58.6 Å². The first kappa shape index (κ1) is 17.5. The van der Waals surface area contributed by atoms with E-state index in [1.54, 1.807) is 10.9 Å². The van der Waals surface area contributed by atoms with Crippen molar-refractivity contribution in [3.63, 3.8) is 0 Å². The molecule has 0 saturated heterocycles. The van der Waals surface area contributed by atoms with Gasteiger partial charge < -0.3 is 4.98 Å². The number of H-pyrrole nitrogens is 1. The molecule has 27 heavy (non-hydrogen) atoms. The van der Waals surface area contributed by atoms with Crippen molar-refractivity contribution in [3.05, 3.63) is 81.3 Å². The van der Waals surface area contributed by atoms with Gasteiger partial charge in [-0.2, -0.15) is 5.10 Å². The van der Waals surface area contributed by atoms with E-state index in [1.807, 2.05) is 24.3 Å². The second-order valence-electron chi connectivity index (χ2n) is 6.60. The van der Waals surface area contributed by atoms with E-state index in [1.165, 1.54) is 28.5 Å². The fourth-order valence-electron chi connectivity index (χ4n) is 3.03. The van der Waals surface area contributed by atoms with Crippen molar-refractivity contribution < 1.29 is 0 Å². The lowest BCUT2D eigenvalue weighted by Crippen LogP contribution is -2.10. The third-order valence-electron chi connectivity index (χ3n) is 4.85. The molecule has 6 heteroatoms. The number of aromatic amines is 1. The van der Waals surface area contributed by atoms with Gasteiger partial charge in [0, 0.05) is 5.75 Å². The summed E-state index contributed by atoms with van der Waals surface area (Å²) in [5.41, 5.74) is 6.12. The van der Waals surface area contributed by atoms with Crippen LogP contribution in [0.3, 0.4) is 0 Å². The number of thioether (sulfide) groups is 1. The van der Waals surface area contributed by atoms with Gasteiger partial charge >= 0.3 is 0 Å². The molecule has 0 saturated carbocycles. The number of nitrogens with one attached hydrogen (secondary N) is 1. The second-order valence-corrected chi connectivity index (χ2v) is 7.56. The van der Waals surface area contributed by atoms with Gasteiger partial charge in [-0.25, -0.2) is 9.67 Å². The summed E-state index contributed by atoms with van der Waals surface area (Å²) in [6, 6.07) is 14.3. The molecule has 4 aromatic rings. The molecule has 0 fully saturated rings. The molecular weight excluding hydrogens is 356 g/mol. The smallest absolute Gasteiger partial charge is 0.262 e. The van der Waals surface area contributed by atoms with Crippen LogP contribution in [-0.4, -0.2) is 19.7 Å². The molecule has 2 aromatic heterocycles. The maximum absolute atomic E-state index is 12.5. The van der Waals surface area contributed by atoms with Crippen LogP contribution >= 0.6 is 11.8 Å². The maximum atomic E-state index is 12.5. The molecule has 136 valence electrons. The van der Waals surface area contributed by atoms with Crippen LogP contribution in [0.2, 0.25) is 0 Å². The molecule has 5 nitrogen and oxygen atoms in total. The van der Waals surface area contributed by atoms with Crippen molar-refractivity contribution in [2.45, 2.75) is 31.7 Å². The number of nitrogens with zero attached hydrogens (tertiary/aromatic N) is 3. The van der Waals surface area contributed by atoms with E-state index in [4.69, 9.17) is 4.98 Å². The van der Waals surface area contributed by atoms with Gasteiger partial charge in [0.2, 0.25) is 0 Å². The van der Waals surface area contributed by atoms with E-state index in [-0.39, 0.29) is 5.56 Å². The molecule has 0 bridgehead atoms. The van der Waals surface area contributed by atoms with Gasteiger partial charge in [0.1, 0.15) is 5.39 Å². The summed E-state index contributed by atoms with van der Waals surface area (Å²) in [6.45, 7) is 6.21. The SMILES string of the molecule is Cc1ccccc1CSc1nc2c(cnn2-c2cccc(C)c2C)c(=O)[nH]1. The number of hydrogen-bond donors (Lipinski definition) is 1. The molecule has 0 aliphatic carbocycles. The molecule has 0 atom stereocenters. The third kappa shape index (κ3) is 3.28.